The van der Waals surface area contributed by atoms with Gasteiger partial charge in [-0.05, 0) is 38.5 Å². The van der Waals surface area contributed by atoms with Crippen molar-refractivity contribution >= 4 is 11.8 Å². The highest BCUT2D eigenvalue weighted by Gasteiger charge is 2.33. The van der Waals surface area contributed by atoms with Crippen LogP contribution in [0.5, 0.6) is 0 Å². The molecule has 0 spiro atoms. The van der Waals surface area contributed by atoms with Crippen LogP contribution in [0.1, 0.15) is 48.7 Å². The van der Waals surface area contributed by atoms with Gasteiger partial charge >= 0.3 is 0 Å². The lowest BCUT2D eigenvalue weighted by molar-refractivity contribution is -0.138. The van der Waals surface area contributed by atoms with Crippen LogP contribution in [0, 0.1) is 18.8 Å². The zero-order valence-corrected chi connectivity index (χ0v) is 17.3. The summed E-state index contributed by atoms with van der Waals surface area (Å²) in [6.45, 7) is 7.08. The second-order valence-corrected chi connectivity index (χ2v) is 8.54. The van der Waals surface area contributed by atoms with Crippen molar-refractivity contribution in [2.75, 3.05) is 26.2 Å². The van der Waals surface area contributed by atoms with Crippen molar-refractivity contribution in [3.8, 4) is 11.3 Å². The number of rotatable bonds is 3. The van der Waals surface area contributed by atoms with Gasteiger partial charge < -0.3 is 14.3 Å². The van der Waals surface area contributed by atoms with Crippen molar-refractivity contribution in [1.29, 1.82) is 0 Å². The molecule has 1 atom stereocenters. The van der Waals surface area contributed by atoms with Gasteiger partial charge in [0.15, 0.2) is 11.5 Å². The molecule has 2 saturated heterocycles. The number of nitrogens with zero attached hydrogens (tertiary/aromatic N) is 3. The Labute approximate surface area is 171 Å². The van der Waals surface area contributed by atoms with E-state index < -0.39 is 0 Å². The molecule has 0 N–H and O–H groups in total. The summed E-state index contributed by atoms with van der Waals surface area (Å²) in [6, 6.07) is 9.62. The van der Waals surface area contributed by atoms with Gasteiger partial charge in [-0.25, -0.2) is 0 Å². The van der Waals surface area contributed by atoms with Gasteiger partial charge in [-0.3, -0.25) is 9.59 Å². The summed E-state index contributed by atoms with van der Waals surface area (Å²) in [4.78, 5) is 29.6. The number of piperidine rings is 2. The van der Waals surface area contributed by atoms with Crippen LogP contribution in [0.3, 0.4) is 0 Å². The van der Waals surface area contributed by atoms with Gasteiger partial charge in [-0.2, -0.15) is 0 Å². The number of amides is 2. The summed E-state index contributed by atoms with van der Waals surface area (Å²) in [6.07, 6.45) is 3.83. The molecule has 2 aliphatic rings. The molecule has 6 nitrogen and oxygen atoms in total. The zero-order chi connectivity index (χ0) is 20.4. The Hall–Kier alpha value is -2.63. The third-order valence-corrected chi connectivity index (χ3v) is 6.22. The van der Waals surface area contributed by atoms with E-state index >= 15 is 0 Å². The molecule has 1 aromatic heterocycles. The largest absolute Gasteiger partial charge is 0.355 e. The van der Waals surface area contributed by atoms with E-state index in [-0.39, 0.29) is 17.7 Å². The highest BCUT2D eigenvalue weighted by molar-refractivity contribution is 5.93. The van der Waals surface area contributed by atoms with Crippen LogP contribution in [0.2, 0.25) is 0 Å². The summed E-state index contributed by atoms with van der Waals surface area (Å²) in [5.41, 5.74) is 2.37. The van der Waals surface area contributed by atoms with Crippen molar-refractivity contribution < 1.29 is 14.1 Å². The van der Waals surface area contributed by atoms with Gasteiger partial charge in [0.1, 0.15) is 0 Å². The second kappa shape index (κ2) is 8.39. The Bertz CT molecular complexity index is 866. The van der Waals surface area contributed by atoms with Crippen molar-refractivity contribution in [2.24, 2.45) is 11.8 Å². The predicted molar refractivity (Wildman–Crippen MR) is 110 cm³/mol. The first-order valence-electron chi connectivity index (χ1n) is 10.6. The average molecular weight is 396 g/mol. The molecule has 154 valence electrons. The third kappa shape index (κ3) is 4.36. The molecule has 0 aliphatic carbocycles. The summed E-state index contributed by atoms with van der Waals surface area (Å²) in [5, 5.41) is 4.00. The Morgan fingerprint density at radius 1 is 1.03 bits per heavy atom. The fourth-order valence-corrected chi connectivity index (χ4v) is 4.24. The van der Waals surface area contributed by atoms with Crippen LogP contribution in [0.4, 0.5) is 0 Å². The van der Waals surface area contributed by atoms with Gasteiger partial charge in [-0.1, -0.05) is 41.9 Å². The van der Waals surface area contributed by atoms with Gasteiger partial charge in [-0.15, -0.1) is 0 Å². The molecular formula is C23H29N3O3. The zero-order valence-electron chi connectivity index (χ0n) is 17.3. The quantitative estimate of drug-likeness (QED) is 0.794. The van der Waals surface area contributed by atoms with Crippen LogP contribution in [-0.4, -0.2) is 52.9 Å². The van der Waals surface area contributed by atoms with E-state index in [9.17, 15) is 9.59 Å². The molecule has 0 saturated carbocycles. The maximum Gasteiger partial charge on any atom is 0.276 e. The molecule has 2 aliphatic heterocycles. The first-order valence-corrected chi connectivity index (χ1v) is 10.6. The van der Waals surface area contributed by atoms with Crippen molar-refractivity contribution in [3.05, 3.63) is 41.6 Å². The Balaban J connectivity index is 1.41. The third-order valence-electron chi connectivity index (χ3n) is 6.22. The summed E-state index contributed by atoms with van der Waals surface area (Å²) in [5.74, 6) is 1.22. The molecular weight excluding hydrogens is 366 g/mol. The number of likely N-dealkylation sites (tertiary alicyclic amines) is 2. The lowest BCUT2D eigenvalue weighted by Crippen LogP contribution is -2.48. The normalized spacial score (nSPS) is 20.7. The van der Waals surface area contributed by atoms with E-state index in [1.54, 1.807) is 11.0 Å². The van der Waals surface area contributed by atoms with Crippen LogP contribution in [0.25, 0.3) is 11.3 Å². The van der Waals surface area contributed by atoms with E-state index in [0.717, 1.165) is 49.9 Å². The lowest BCUT2D eigenvalue weighted by atomic mass is 9.93. The molecule has 0 radical (unpaired) electrons. The molecule has 6 heteroatoms. The Kier molecular flexibility index (Phi) is 5.69. The minimum Gasteiger partial charge on any atom is -0.355 e. The molecule has 0 unspecified atom stereocenters. The maximum atomic E-state index is 13.0. The molecule has 0 bridgehead atoms. The fourth-order valence-electron chi connectivity index (χ4n) is 4.24. The van der Waals surface area contributed by atoms with Crippen LogP contribution < -0.4 is 0 Å². The molecule has 1 aromatic carbocycles. The molecule has 29 heavy (non-hydrogen) atoms. The topological polar surface area (TPSA) is 66.7 Å². The van der Waals surface area contributed by atoms with Crippen molar-refractivity contribution in [2.45, 2.75) is 39.5 Å². The minimum absolute atomic E-state index is 0.107. The van der Waals surface area contributed by atoms with Crippen LogP contribution in [0.15, 0.2) is 34.9 Å². The molecule has 3 heterocycles. The fraction of sp³-hybridized carbons (Fsp3) is 0.522. The molecule has 4 rings (SSSR count). The van der Waals surface area contributed by atoms with E-state index in [1.807, 2.05) is 36.1 Å². The van der Waals surface area contributed by atoms with Crippen LogP contribution in [-0.2, 0) is 4.79 Å². The van der Waals surface area contributed by atoms with Gasteiger partial charge in [0.25, 0.3) is 5.91 Å². The maximum absolute atomic E-state index is 13.0. The summed E-state index contributed by atoms with van der Waals surface area (Å²) >= 11 is 0. The smallest absolute Gasteiger partial charge is 0.276 e. The number of benzene rings is 1. The van der Waals surface area contributed by atoms with Gasteiger partial charge in [0, 0.05) is 37.8 Å². The number of hydrogen-bond donors (Lipinski definition) is 0. The number of carbonyl (C=O) groups is 2. The monoisotopic (exact) mass is 395 g/mol. The standard InChI is InChI=1S/C23H29N3O3/c1-16-5-7-18(8-6-16)21-14-20(24-29-21)23(28)26-11-3-4-19(15-26)22(27)25-12-9-17(2)10-13-25/h5-8,14,17,19H,3-4,9-13,15H2,1-2H3/t19-/m1/s1. The number of aromatic nitrogens is 1. The predicted octanol–water partition coefficient (Wildman–Crippen LogP) is 3.76. The molecule has 2 aromatic rings. The van der Waals surface area contributed by atoms with Crippen LogP contribution >= 0.6 is 0 Å². The highest BCUT2D eigenvalue weighted by Crippen LogP contribution is 2.25. The first-order chi connectivity index (χ1) is 14.0. The number of aryl methyl sites for hydroxylation is 1. The highest BCUT2D eigenvalue weighted by atomic mass is 16.5. The average Bonchev–Trinajstić information content (AvgIpc) is 3.24. The van der Waals surface area contributed by atoms with E-state index in [0.29, 0.717) is 30.5 Å². The Morgan fingerprint density at radius 2 is 1.76 bits per heavy atom. The van der Waals surface area contributed by atoms with E-state index in [4.69, 9.17) is 4.52 Å². The first kappa shape index (κ1) is 19.7. The van der Waals surface area contributed by atoms with Crippen molar-refractivity contribution in [1.82, 2.24) is 15.0 Å². The lowest BCUT2D eigenvalue weighted by Gasteiger charge is -2.37. The van der Waals surface area contributed by atoms with Gasteiger partial charge in [0.05, 0.1) is 5.92 Å². The van der Waals surface area contributed by atoms with E-state index in [2.05, 4.69) is 12.1 Å². The minimum atomic E-state index is -0.156. The number of hydrogen-bond acceptors (Lipinski definition) is 4. The Morgan fingerprint density at radius 3 is 2.48 bits per heavy atom. The molecule has 2 fully saturated rings. The molecule has 2 amide bonds. The van der Waals surface area contributed by atoms with Gasteiger partial charge in [0.2, 0.25) is 5.91 Å². The summed E-state index contributed by atoms with van der Waals surface area (Å²) in [7, 11) is 0. The summed E-state index contributed by atoms with van der Waals surface area (Å²) < 4.78 is 5.41. The van der Waals surface area contributed by atoms with Crippen molar-refractivity contribution in [3.63, 3.8) is 0 Å². The SMILES string of the molecule is Cc1ccc(-c2cc(C(=O)N3CCC[C@@H](C(=O)N4CCC(C)CC4)C3)no2)cc1. The number of carbonyl (C=O) groups excluding carboxylic acids is 2. The second-order valence-electron chi connectivity index (χ2n) is 8.54. The van der Waals surface area contributed by atoms with E-state index in [1.165, 1.54) is 0 Å².